The van der Waals surface area contributed by atoms with Gasteiger partial charge in [0.1, 0.15) is 11.7 Å². The Balaban J connectivity index is 2.26. The average molecular weight is 266 g/mol. The first-order valence-electron chi connectivity index (χ1n) is 5.36. The zero-order chi connectivity index (χ0) is 13.3. The van der Waals surface area contributed by atoms with Crippen LogP contribution in [-0.4, -0.2) is 22.8 Å². The van der Waals surface area contributed by atoms with Crippen LogP contribution in [0.5, 0.6) is 0 Å². The van der Waals surface area contributed by atoms with Gasteiger partial charge in [0, 0.05) is 15.9 Å². The third kappa shape index (κ3) is 2.46. The zero-order valence-corrected chi connectivity index (χ0v) is 10.4. The molecule has 5 nitrogen and oxygen atoms in total. The second-order valence-electron chi connectivity index (χ2n) is 4.01. The van der Waals surface area contributed by atoms with Gasteiger partial charge in [-0.2, -0.15) is 0 Å². The number of fused-ring (bicyclic) bond motifs is 1. The minimum atomic E-state index is -0.715. The first-order valence-corrected chi connectivity index (χ1v) is 5.73. The standard InChI is InChI=1S/C12H12ClN3O2/c1-6(11(14)17)15-12(18)10-4-7-2-3-8(13)5-9(7)16-10/h2-6,16H,1H3,(H2,14,17)(H,15,18). The fraction of sp³-hybridized carbons (Fsp3) is 0.167. The van der Waals surface area contributed by atoms with Crippen LogP contribution in [0.4, 0.5) is 0 Å². The van der Waals surface area contributed by atoms with E-state index in [1.54, 1.807) is 18.2 Å². The summed E-state index contributed by atoms with van der Waals surface area (Å²) in [6, 6.07) is 6.25. The third-order valence-electron chi connectivity index (χ3n) is 2.60. The van der Waals surface area contributed by atoms with Gasteiger partial charge in [-0.05, 0) is 25.1 Å². The summed E-state index contributed by atoms with van der Waals surface area (Å²) in [6.45, 7) is 1.53. The van der Waals surface area contributed by atoms with E-state index in [-0.39, 0.29) is 5.91 Å². The van der Waals surface area contributed by atoms with Gasteiger partial charge in [-0.25, -0.2) is 0 Å². The molecule has 1 unspecified atom stereocenters. The fourth-order valence-electron chi connectivity index (χ4n) is 1.57. The van der Waals surface area contributed by atoms with Gasteiger partial charge in [0.15, 0.2) is 0 Å². The van der Waals surface area contributed by atoms with Crippen molar-refractivity contribution < 1.29 is 9.59 Å². The predicted molar refractivity (Wildman–Crippen MR) is 69.4 cm³/mol. The van der Waals surface area contributed by atoms with Crippen molar-refractivity contribution in [3.63, 3.8) is 0 Å². The molecule has 2 aromatic rings. The Morgan fingerprint density at radius 2 is 2.11 bits per heavy atom. The summed E-state index contributed by atoms with van der Waals surface area (Å²) < 4.78 is 0. The lowest BCUT2D eigenvalue weighted by atomic mass is 10.2. The molecule has 94 valence electrons. The number of aromatic nitrogens is 1. The van der Waals surface area contributed by atoms with E-state index >= 15 is 0 Å². The summed E-state index contributed by atoms with van der Waals surface area (Å²) in [7, 11) is 0. The van der Waals surface area contributed by atoms with Crippen LogP contribution in [0, 0.1) is 0 Å². The Kier molecular flexibility index (Phi) is 3.25. The van der Waals surface area contributed by atoms with Gasteiger partial charge in [-0.1, -0.05) is 17.7 Å². The van der Waals surface area contributed by atoms with Crippen molar-refractivity contribution in [3.8, 4) is 0 Å². The SMILES string of the molecule is CC(NC(=O)c1cc2ccc(Cl)cc2[nH]1)C(N)=O. The van der Waals surface area contributed by atoms with Crippen LogP contribution in [0.1, 0.15) is 17.4 Å². The summed E-state index contributed by atoms with van der Waals surface area (Å²) in [5.41, 5.74) is 6.20. The molecule has 0 bridgehead atoms. The smallest absolute Gasteiger partial charge is 0.268 e. The maximum atomic E-state index is 11.8. The van der Waals surface area contributed by atoms with Gasteiger partial charge in [0.2, 0.25) is 5.91 Å². The van der Waals surface area contributed by atoms with E-state index in [0.717, 1.165) is 10.9 Å². The normalized spacial score (nSPS) is 12.3. The first-order chi connectivity index (χ1) is 8.47. The zero-order valence-electron chi connectivity index (χ0n) is 9.66. The molecule has 0 aliphatic carbocycles. The molecule has 0 spiro atoms. The number of carbonyl (C=O) groups excluding carboxylic acids is 2. The van der Waals surface area contributed by atoms with E-state index in [4.69, 9.17) is 17.3 Å². The monoisotopic (exact) mass is 265 g/mol. The Morgan fingerprint density at radius 3 is 2.78 bits per heavy atom. The highest BCUT2D eigenvalue weighted by Gasteiger charge is 2.15. The molecule has 1 aromatic carbocycles. The molecule has 2 amide bonds. The molecular formula is C12H12ClN3O2. The molecule has 0 fully saturated rings. The summed E-state index contributed by atoms with van der Waals surface area (Å²) >= 11 is 5.85. The quantitative estimate of drug-likeness (QED) is 0.784. The van der Waals surface area contributed by atoms with Crippen molar-refractivity contribution in [1.29, 1.82) is 0 Å². The minimum absolute atomic E-state index is 0.361. The lowest BCUT2D eigenvalue weighted by molar-refractivity contribution is -0.119. The van der Waals surface area contributed by atoms with Gasteiger partial charge in [0.25, 0.3) is 5.91 Å². The Labute approximate surface area is 108 Å². The highest BCUT2D eigenvalue weighted by molar-refractivity contribution is 6.31. The van der Waals surface area contributed by atoms with Crippen LogP contribution in [0.2, 0.25) is 5.02 Å². The molecule has 0 radical (unpaired) electrons. The van der Waals surface area contributed by atoms with E-state index in [2.05, 4.69) is 10.3 Å². The molecule has 1 heterocycles. The van der Waals surface area contributed by atoms with Gasteiger partial charge in [-0.15, -0.1) is 0 Å². The van der Waals surface area contributed by atoms with Crippen molar-refractivity contribution in [1.82, 2.24) is 10.3 Å². The Bertz CT molecular complexity index is 621. The molecule has 0 saturated carbocycles. The van der Waals surface area contributed by atoms with Crippen LogP contribution in [0.15, 0.2) is 24.3 Å². The summed E-state index contributed by atoms with van der Waals surface area (Å²) in [6.07, 6.45) is 0. The van der Waals surface area contributed by atoms with Crippen molar-refractivity contribution in [2.75, 3.05) is 0 Å². The number of rotatable bonds is 3. The number of hydrogen-bond donors (Lipinski definition) is 3. The van der Waals surface area contributed by atoms with E-state index in [1.807, 2.05) is 6.07 Å². The minimum Gasteiger partial charge on any atom is -0.368 e. The molecule has 4 N–H and O–H groups in total. The van der Waals surface area contributed by atoms with Gasteiger partial charge >= 0.3 is 0 Å². The molecule has 18 heavy (non-hydrogen) atoms. The fourth-order valence-corrected chi connectivity index (χ4v) is 1.74. The second kappa shape index (κ2) is 4.70. The van der Waals surface area contributed by atoms with Gasteiger partial charge < -0.3 is 16.0 Å². The number of primary amides is 1. The van der Waals surface area contributed by atoms with Crippen molar-refractivity contribution in [3.05, 3.63) is 35.0 Å². The third-order valence-corrected chi connectivity index (χ3v) is 2.84. The van der Waals surface area contributed by atoms with Crippen molar-refractivity contribution in [2.45, 2.75) is 13.0 Å². The number of amides is 2. The lowest BCUT2D eigenvalue weighted by Crippen LogP contribution is -2.42. The molecule has 1 aromatic heterocycles. The van der Waals surface area contributed by atoms with E-state index in [1.165, 1.54) is 6.92 Å². The molecule has 6 heteroatoms. The van der Waals surface area contributed by atoms with E-state index < -0.39 is 11.9 Å². The summed E-state index contributed by atoms with van der Waals surface area (Å²) in [5.74, 6) is -0.962. The number of nitrogens with one attached hydrogen (secondary N) is 2. The van der Waals surface area contributed by atoms with Crippen LogP contribution in [0.3, 0.4) is 0 Å². The number of H-pyrrole nitrogens is 1. The highest BCUT2D eigenvalue weighted by Crippen LogP contribution is 2.19. The van der Waals surface area contributed by atoms with Crippen LogP contribution in [0.25, 0.3) is 10.9 Å². The number of carbonyl (C=O) groups is 2. The summed E-state index contributed by atoms with van der Waals surface area (Å²) in [5, 5.41) is 3.95. The Hall–Kier alpha value is -2.01. The van der Waals surface area contributed by atoms with Crippen molar-refractivity contribution in [2.24, 2.45) is 5.73 Å². The topological polar surface area (TPSA) is 88.0 Å². The molecule has 2 rings (SSSR count). The molecule has 0 aliphatic rings. The van der Waals surface area contributed by atoms with Crippen LogP contribution < -0.4 is 11.1 Å². The number of nitrogens with two attached hydrogens (primary N) is 1. The van der Waals surface area contributed by atoms with Crippen molar-refractivity contribution >= 4 is 34.3 Å². The largest absolute Gasteiger partial charge is 0.368 e. The molecule has 0 aliphatic heterocycles. The Morgan fingerprint density at radius 1 is 1.39 bits per heavy atom. The lowest BCUT2D eigenvalue weighted by Gasteiger charge is -2.08. The molecular weight excluding hydrogens is 254 g/mol. The van der Waals surface area contributed by atoms with Crippen LogP contribution >= 0.6 is 11.6 Å². The summed E-state index contributed by atoms with van der Waals surface area (Å²) in [4.78, 5) is 25.6. The second-order valence-corrected chi connectivity index (χ2v) is 4.45. The number of benzene rings is 1. The maximum Gasteiger partial charge on any atom is 0.268 e. The number of aromatic amines is 1. The van der Waals surface area contributed by atoms with E-state index in [0.29, 0.717) is 10.7 Å². The van der Waals surface area contributed by atoms with Crippen LogP contribution in [-0.2, 0) is 4.79 Å². The van der Waals surface area contributed by atoms with Gasteiger partial charge in [-0.3, -0.25) is 9.59 Å². The average Bonchev–Trinajstić information content (AvgIpc) is 2.71. The first kappa shape index (κ1) is 12.4. The molecule has 1 atom stereocenters. The predicted octanol–water partition coefficient (Wildman–Crippen LogP) is 1.42. The van der Waals surface area contributed by atoms with Gasteiger partial charge in [0.05, 0.1) is 0 Å². The maximum absolute atomic E-state index is 11.8. The highest BCUT2D eigenvalue weighted by atomic mass is 35.5. The number of halogens is 1. The van der Waals surface area contributed by atoms with E-state index in [9.17, 15) is 9.59 Å². The molecule has 0 saturated heterocycles. The number of hydrogen-bond acceptors (Lipinski definition) is 2.